The fourth-order valence-electron chi connectivity index (χ4n) is 1.36. The Morgan fingerprint density at radius 3 is 1.50 bits per heavy atom. The molecule has 0 aromatic carbocycles. The first kappa shape index (κ1) is 14.7. The monoisotopic (exact) mass is 249 g/mol. The molecule has 0 saturated carbocycles. The molecule has 1 unspecified atom stereocenters. The molecule has 0 aromatic heterocycles. The molecule has 3 heteroatoms. The summed E-state index contributed by atoms with van der Waals surface area (Å²) < 4.78 is 1.64. The minimum atomic E-state index is 0. The van der Waals surface area contributed by atoms with Gasteiger partial charge in [-0.1, -0.05) is 0 Å². The average Bonchev–Trinajstić information content (AvgIpc) is 2.07. The van der Waals surface area contributed by atoms with Crippen molar-refractivity contribution >= 4 is 0 Å². The van der Waals surface area contributed by atoms with E-state index in [0.29, 0.717) is 0 Å². The first-order valence-corrected chi connectivity index (χ1v) is 4.88. The molecular formula is C9H13F2Zr. The van der Waals surface area contributed by atoms with Gasteiger partial charge in [0.2, 0.25) is 0 Å². The molecule has 1 rings (SSSR count). The smallest absolute Gasteiger partial charge is 1.00 e. The minimum absolute atomic E-state index is 0. The molecule has 0 fully saturated rings. The van der Waals surface area contributed by atoms with Gasteiger partial charge >= 0.3 is 78.3 Å². The van der Waals surface area contributed by atoms with Gasteiger partial charge in [-0.15, -0.1) is 0 Å². The fraction of sp³-hybridized carbons (Fsp3) is 0.556. The molecule has 1 aliphatic rings. The van der Waals surface area contributed by atoms with Gasteiger partial charge in [-0.3, -0.25) is 0 Å². The zero-order valence-electron chi connectivity index (χ0n) is 7.83. The zero-order valence-corrected chi connectivity index (χ0v) is 10.3. The molecule has 0 spiro atoms. The van der Waals surface area contributed by atoms with Crippen molar-refractivity contribution < 1.29 is 34.1 Å². The molecule has 0 heterocycles. The Morgan fingerprint density at radius 2 is 1.42 bits per heavy atom. The maximum atomic E-state index is 2.30. The fourth-order valence-corrected chi connectivity index (χ4v) is 2.36. The van der Waals surface area contributed by atoms with Crippen LogP contribution in [0.4, 0.5) is 0 Å². The van der Waals surface area contributed by atoms with Crippen molar-refractivity contribution in [3.63, 3.8) is 0 Å². The molecule has 1 aliphatic carbocycles. The van der Waals surface area contributed by atoms with Gasteiger partial charge in [-0.05, 0) is 0 Å². The standard InChI is InChI=1S/C9H13.2FH.Zr/c1-6-5-7(2)9(4)8(6)3;;;/h6H,1-4H3;2*1H;/q;;;+2/p-2. The largest absolute Gasteiger partial charge is 1.00 e. The van der Waals surface area contributed by atoms with Gasteiger partial charge < -0.3 is 9.41 Å². The van der Waals surface area contributed by atoms with E-state index in [1.807, 2.05) is 0 Å². The molecule has 12 heavy (non-hydrogen) atoms. The van der Waals surface area contributed by atoms with Crippen LogP contribution in [0.1, 0.15) is 27.7 Å². The second kappa shape index (κ2) is 5.06. The Morgan fingerprint density at radius 1 is 1.00 bits per heavy atom. The van der Waals surface area contributed by atoms with Gasteiger partial charge in [0.25, 0.3) is 0 Å². The first-order valence-electron chi connectivity index (χ1n) is 3.65. The molecular weight excluding hydrogens is 237 g/mol. The van der Waals surface area contributed by atoms with Gasteiger partial charge in [0, 0.05) is 0 Å². The molecule has 0 nitrogen and oxygen atoms in total. The summed E-state index contributed by atoms with van der Waals surface area (Å²) >= 11 is 1.59. The quantitative estimate of drug-likeness (QED) is 0.425. The van der Waals surface area contributed by atoms with Crippen LogP contribution in [0.2, 0.25) is 0 Å². The SMILES string of the molecule is CC1=C(C)C(C)[C]([Zr+2])=C1C.[F-].[F-]. The van der Waals surface area contributed by atoms with E-state index < -0.39 is 0 Å². The van der Waals surface area contributed by atoms with E-state index in [2.05, 4.69) is 27.7 Å². The van der Waals surface area contributed by atoms with E-state index in [9.17, 15) is 0 Å². The van der Waals surface area contributed by atoms with Gasteiger partial charge in [0.05, 0.1) is 0 Å². The third kappa shape index (κ3) is 2.13. The van der Waals surface area contributed by atoms with Gasteiger partial charge in [0.15, 0.2) is 0 Å². The van der Waals surface area contributed by atoms with E-state index in [0.717, 1.165) is 5.92 Å². The molecule has 0 bridgehead atoms. The second-order valence-electron chi connectivity index (χ2n) is 3.07. The molecule has 0 saturated heterocycles. The minimum Gasteiger partial charge on any atom is -1.00 e. The van der Waals surface area contributed by atoms with E-state index in [1.165, 1.54) is 5.57 Å². The van der Waals surface area contributed by atoms with Crippen molar-refractivity contribution in [1.29, 1.82) is 0 Å². The van der Waals surface area contributed by atoms with Gasteiger partial charge in [-0.25, -0.2) is 0 Å². The Kier molecular flexibility index (Phi) is 6.21. The summed E-state index contributed by atoms with van der Waals surface area (Å²) in [6.45, 7) is 9.03. The van der Waals surface area contributed by atoms with Gasteiger partial charge in [0.1, 0.15) is 0 Å². The Balaban J connectivity index is 0. The van der Waals surface area contributed by atoms with Crippen molar-refractivity contribution in [2.45, 2.75) is 27.7 Å². The second-order valence-corrected chi connectivity index (χ2v) is 4.39. The van der Waals surface area contributed by atoms with Crippen molar-refractivity contribution in [3.8, 4) is 0 Å². The predicted molar refractivity (Wildman–Crippen MR) is 40.2 cm³/mol. The summed E-state index contributed by atoms with van der Waals surface area (Å²) in [7, 11) is 0. The molecule has 1 atom stereocenters. The third-order valence-corrected chi connectivity index (χ3v) is 4.63. The Labute approximate surface area is 87.7 Å². The molecule has 0 aliphatic heterocycles. The van der Waals surface area contributed by atoms with Crippen LogP contribution in [-0.4, -0.2) is 0 Å². The van der Waals surface area contributed by atoms with Crippen LogP contribution in [0, 0.1) is 5.92 Å². The maximum Gasteiger partial charge on any atom is -1.00 e. The number of hydrogen-bond acceptors (Lipinski definition) is 0. The molecule has 0 amide bonds. The maximum absolute atomic E-state index is 2.30. The normalized spacial score (nSPS) is 22.3. The number of hydrogen-bond donors (Lipinski definition) is 0. The van der Waals surface area contributed by atoms with Crippen LogP contribution in [0.15, 0.2) is 20.0 Å². The molecule has 0 radical (unpaired) electrons. The van der Waals surface area contributed by atoms with E-state index in [4.69, 9.17) is 0 Å². The molecule has 67 valence electrons. The van der Waals surface area contributed by atoms with Gasteiger partial charge in [-0.2, -0.15) is 0 Å². The number of rotatable bonds is 0. The summed E-state index contributed by atoms with van der Waals surface area (Å²) in [4.78, 5) is 0. The summed E-state index contributed by atoms with van der Waals surface area (Å²) in [6.07, 6.45) is 0. The van der Waals surface area contributed by atoms with Crippen LogP contribution in [0.3, 0.4) is 0 Å². The molecule has 0 N–H and O–H groups in total. The van der Waals surface area contributed by atoms with E-state index in [-0.39, 0.29) is 9.41 Å². The summed E-state index contributed by atoms with van der Waals surface area (Å²) in [5, 5.41) is 0. The van der Waals surface area contributed by atoms with E-state index >= 15 is 0 Å². The topological polar surface area (TPSA) is 0 Å². The summed E-state index contributed by atoms with van der Waals surface area (Å²) in [5.41, 5.74) is 4.65. The van der Waals surface area contributed by atoms with Crippen LogP contribution < -0.4 is 9.41 Å². The van der Waals surface area contributed by atoms with Crippen LogP contribution in [0.5, 0.6) is 0 Å². The van der Waals surface area contributed by atoms with Crippen molar-refractivity contribution in [2.75, 3.05) is 0 Å². The zero-order chi connectivity index (χ0) is 7.89. The molecule has 0 aromatic rings. The summed E-state index contributed by atoms with van der Waals surface area (Å²) in [5.74, 6) is 0.734. The van der Waals surface area contributed by atoms with Crippen LogP contribution in [-0.2, 0) is 24.7 Å². The average molecular weight is 250 g/mol. The summed E-state index contributed by atoms with van der Waals surface area (Å²) in [6, 6.07) is 0. The first-order chi connectivity index (χ1) is 4.55. The van der Waals surface area contributed by atoms with E-state index in [1.54, 1.807) is 39.1 Å². The Bertz CT molecular complexity index is 205. The third-order valence-electron chi connectivity index (χ3n) is 2.64. The van der Waals surface area contributed by atoms with Crippen molar-refractivity contribution in [1.82, 2.24) is 0 Å². The number of allylic oxidation sites excluding steroid dienone is 4. The Hall–Kier alpha value is 0.223. The van der Waals surface area contributed by atoms with Crippen molar-refractivity contribution in [2.24, 2.45) is 5.92 Å². The predicted octanol–water partition coefficient (Wildman–Crippen LogP) is -3.20. The van der Waals surface area contributed by atoms with Crippen LogP contribution >= 0.6 is 0 Å². The van der Waals surface area contributed by atoms with Crippen molar-refractivity contribution in [3.05, 3.63) is 20.0 Å². The van der Waals surface area contributed by atoms with Crippen LogP contribution in [0.25, 0.3) is 0 Å². The number of halogens is 2.